The number of rotatable bonds is 12. The van der Waals surface area contributed by atoms with Crippen molar-refractivity contribution in [3.05, 3.63) is 90.0 Å². The van der Waals surface area contributed by atoms with Gasteiger partial charge in [-0.2, -0.15) is 18.0 Å². The van der Waals surface area contributed by atoms with Gasteiger partial charge in [0.25, 0.3) is 0 Å². The van der Waals surface area contributed by atoms with E-state index in [9.17, 15) is 13.2 Å². The number of tetrazole rings is 1. The Hall–Kier alpha value is -3.71. The van der Waals surface area contributed by atoms with E-state index >= 15 is 0 Å². The average molecular weight is 597 g/mol. The van der Waals surface area contributed by atoms with Crippen LogP contribution in [0, 0.1) is 0 Å². The summed E-state index contributed by atoms with van der Waals surface area (Å²) in [5.74, 6) is 1.22. The van der Waals surface area contributed by atoms with Crippen LogP contribution in [0.15, 0.2) is 78.2 Å². The Balaban J connectivity index is 1.59. The molecule has 42 heavy (non-hydrogen) atoms. The molecule has 1 unspecified atom stereocenters. The van der Waals surface area contributed by atoms with Crippen molar-refractivity contribution in [1.82, 2.24) is 30.2 Å². The first-order valence-electron chi connectivity index (χ1n) is 13.3. The summed E-state index contributed by atoms with van der Waals surface area (Å²) < 4.78 is 56.8. The number of methoxy groups -OCH3 is 2. The minimum absolute atomic E-state index is 0.0672. The molecule has 0 aliphatic carbocycles. The van der Waals surface area contributed by atoms with E-state index in [-0.39, 0.29) is 22.8 Å². The Bertz CT molecular complexity index is 1510. The highest BCUT2D eigenvalue weighted by Crippen LogP contribution is 2.45. The fourth-order valence-electron chi connectivity index (χ4n) is 4.61. The van der Waals surface area contributed by atoms with Crippen molar-refractivity contribution in [3.8, 4) is 28.3 Å². The minimum atomic E-state index is -4.63. The monoisotopic (exact) mass is 596 g/mol. The van der Waals surface area contributed by atoms with Crippen molar-refractivity contribution in [3.63, 3.8) is 0 Å². The third-order valence-electron chi connectivity index (χ3n) is 7.05. The number of hydrogen-bond acceptors (Lipinski definition) is 8. The Morgan fingerprint density at radius 3 is 2.43 bits per heavy atom. The number of alkyl halides is 3. The van der Waals surface area contributed by atoms with Gasteiger partial charge in [0.15, 0.2) is 0 Å². The number of halogens is 3. The number of aromatic nitrogens is 4. The van der Waals surface area contributed by atoms with Crippen LogP contribution < -0.4 is 14.8 Å². The van der Waals surface area contributed by atoms with E-state index < -0.39 is 18.0 Å². The molecule has 2 N–H and O–H groups in total. The molecule has 0 bridgehead atoms. The van der Waals surface area contributed by atoms with Crippen LogP contribution in [0.5, 0.6) is 5.75 Å². The van der Waals surface area contributed by atoms with Gasteiger partial charge in [0.1, 0.15) is 12.0 Å². The van der Waals surface area contributed by atoms with Crippen molar-refractivity contribution in [1.29, 1.82) is 0 Å². The molecule has 1 aliphatic heterocycles. The highest BCUT2D eigenvalue weighted by Gasteiger charge is 2.37. The molecule has 0 radical (unpaired) electrons. The normalized spacial score (nSPS) is 14.4. The molecule has 8 nitrogen and oxygen atoms in total. The Kier molecular flexibility index (Phi) is 9.27. The van der Waals surface area contributed by atoms with E-state index in [0.717, 1.165) is 42.2 Å². The van der Waals surface area contributed by atoms with Crippen LogP contribution in [-0.2, 0) is 17.5 Å². The Labute approximate surface area is 246 Å². The molecule has 4 aromatic rings. The van der Waals surface area contributed by atoms with Crippen LogP contribution in [0.25, 0.3) is 22.5 Å². The first kappa shape index (κ1) is 29.8. The molecule has 5 rings (SSSR count). The van der Waals surface area contributed by atoms with Crippen LogP contribution in [0.3, 0.4) is 0 Å². The van der Waals surface area contributed by atoms with Crippen LogP contribution >= 0.6 is 11.9 Å². The van der Waals surface area contributed by atoms with Crippen LogP contribution in [0.2, 0.25) is 0 Å². The fraction of sp³-hybridized carbons (Fsp3) is 0.300. The number of nitrogens with zero attached hydrogens (tertiary/aromatic N) is 4. The topological polar surface area (TPSA) is 86.1 Å². The summed E-state index contributed by atoms with van der Waals surface area (Å²) in [6, 6.07) is 17.8. The van der Waals surface area contributed by atoms with Gasteiger partial charge in [-0.25, -0.2) is 4.72 Å². The summed E-state index contributed by atoms with van der Waals surface area (Å²) in [7, 11) is 3.07. The molecular formula is C30H31F3N6O2S. The van der Waals surface area contributed by atoms with Crippen molar-refractivity contribution in [2.45, 2.75) is 36.2 Å². The van der Waals surface area contributed by atoms with E-state index in [1.165, 1.54) is 23.5 Å². The van der Waals surface area contributed by atoms with E-state index in [2.05, 4.69) is 32.0 Å². The predicted molar refractivity (Wildman–Crippen MR) is 156 cm³/mol. The number of ether oxygens (including phenoxy) is 2. The molecule has 220 valence electrons. The summed E-state index contributed by atoms with van der Waals surface area (Å²) >= 11 is 0.833. The van der Waals surface area contributed by atoms with Crippen molar-refractivity contribution >= 4 is 11.9 Å². The minimum Gasteiger partial charge on any atom is -0.497 e. The van der Waals surface area contributed by atoms with E-state index in [4.69, 9.17) is 9.47 Å². The van der Waals surface area contributed by atoms with Crippen molar-refractivity contribution < 1.29 is 22.6 Å². The Morgan fingerprint density at radius 1 is 1.10 bits per heavy atom. The molecule has 1 saturated heterocycles. The zero-order chi connectivity index (χ0) is 29.7. The molecule has 1 aliphatic rings. The maximum absolute atomic E-state index is 14.4. The van der Waals surface area contributed by atoms with Gasteiger partial charge in [0.2, 0.25) is 5.82 Å². The predicted octanol–water partition coefficient (Wildman–Crippen LogP) is 5.91. The van der Waals surface area contributed by atoms with Gasteiger partial charge in [-0.15, -0.1) is 16.8 Å². The summed E-state index contributed by atoms with van der Waals surface area (Å²) in [6.07, 6.45) is -3.15. The molecule has 1 atom stereocenters. The number of benzene rings is 3. The summed E-state index contributed by atoms with van der Waals surface area (Å²) in [5, 5.41) is 16.2. The lowest BCUT2D eigenvalue weighted by Gasteiger charge is -2.27. The zero-order valence-corrected chi connectivity index (χ0v) is 24.0. The lowest BCUT2D eigenvalue weighted by molar-refractivity contribution is -0.139. The van der Waals surface area contributed by atoms with Crippen LogP contribution in [0.4, 0.5) is 13.2 Å². The highest BCUT2D eigenvalue weighted by atomic mass is 32.2. The lowest BCUT2D eigenvalue weighted by atomic mass is 9.90. The van der Waals surface area contributed by atoms with Gasteiger partial charge < -0.3 is 14.8 Å². The molecule has 2 heterocycles. The second-order valence-corrected chi connectivity index (χ2v) is 10.6. The van der Waals surface area contributed by atoms with Gasteiger partial charge in [0.05, 0.1) is 19.2 Å². The fourth-order valence-corrected chi connectivity index (χ4v) is 5.65. The van der Waals surface area contributed by atoms with Crippen LogP contribution in [0.1, 0.15) is 29.0 Å². The van der Waals surface area contributed by atoms with Crippen molar-refractivity contribution in [2.24, 2.45) is 0 Å². The van der Waals surface area contributed by atoms with E-state index in [1.807, 2.05) is 48.5 Å². The lowest BCUT2D eigenvalue weighted by Crippen LogP contribution is -2.39. The summed E-state index contributed by atoms with van der Waals surface area (Å²) in [6.45, 7) is 5.80. The molecule has 1 fully saturated rings. The molecular weight excluding hydrogens is 565 g/mol. The first-order valence-corrected chi connectivity index (χ1v) is 14.1. The maximum atomic E-state index is 14.4. The highest BCUT2D eigenvalue weighted by molar-refractivity contribution is 7.97. The summed E-state index contributed by atoms with van der Waals surface area (Å²) in [4.78, 5) is 1.30. The molecule has 0 amide bonds. The van der Waals surface area contributed by atoms with Gasteiger partial charge >= 0.3 is 6.18 Å². The second-order valence-electron chi connectivity index (χ2n) is 9.80. The standard InChI is InChI=1S/C30H31F3N6O2S/c1-4-5-26(41-3)37-42-28-25(30(31,32)33)15-14-24(21-10-8-20(9-11-21)22-16-34-17-22)27(28)29-35-38-39(36-29)18-19-6-12-23(40-2)13-7-19/h4,6-15,22,26,34,37H,1,5,16-18H2,2-3H3. The maximum Gasteiger partial charge on any atom is 0.417 e. The molecule has 0 saturated carbocycles. The zero-order valence-electron chi connectivity index (χ0n) is 23.2. The van der Waals surface area contributed by atoms with Gasteiger partial charge in [-0.3, -0.25) is 0 Å². The number of nitrogens with one attached hydrogen (secondary N) is 2. The van der Waals surface area contributed by atoms with Gasteiger partial charge in [0, 0.05) is 43.0 Å². The first-order chi connectivity index (χ1) is 20.3. The summed E-state index contributed by atoms with van der Waals surface area (Å²) in [5.41, 5.74) is 2.79. The number of hydrogen-bond donors (Lipinski definition) is 2. The van der Waals surface area contributed by atoms with Gasteiger partial charge in [-0.05, 0) is 57.6 Å². The van der Waals surface area contributed by atoms with E-state index in [0.29, 0.717) is 23.7 Å². The average Bonchev–Trinajstić information content (AvgIpc) is 3.42. The third kappa shape index (κ3) is 6.67. The third-order valence-corrected chi connectivity index (χ3v) is 8.06. The molecule has 3 aromatic carbocycles. The quantitative estimate of drug-likeness (QED) is 0.119. The molecule has 12 heteroatoms. The van der Waals surface area contributed by atoms with Gasteiger partial charge in [-0.1, -0.05) is 48.5 Å². The van der Waals surface area contributed by atoms with E-state index in [1.54, 1.807) is 13.2 Å². The van der Waals surface area contributed by atoms with Crippen LogP contribution in [-0.4, -0.2) is 53.7 Å². The smallest absolute Gasteiger partial charge is 0.417 e. The van der Waals surface area contributed by atoms with Crippen molar-refractivity contribution in [2.75, 3.05) is 27.3 Å². The molecule has 1 aromatic heterocycles. The largest absolute Gasteiger partial charge is 0.497 e. The molecule has 0 spiro atoms. The second kappa shape index (κ2) is 13.1. The Morgan fingerprint density at radius 2 is 1.83 bits per heavy atom. The SMILES string of the molecule is C=CCC(NSc1c(C(F)(F)F)ccc(-c2ccc(C3CNC3)cc2)c1-c1nnn(Cc2ccc(OC)cc2)n1)OC.